The first-order chi connectivity index (χ1) is 7.40. The largest absolute Gasteiger partial charge is 0.389 e. The van der Waals surface area contributed by atoms with Crippen LogP contribution in [-0.4, -0.2) is 47.2 Å². The van der Waals surface area contributed by atoms with E-state index < -0.39 is 5.60 Å². The normalized spacial score (nSPS) is 19.6. The zero-order valence-corrected chi connectivity index (χ0v) is 10.6. The number of carbonyl (C=O) groups is 1. The number of rotatable bonds is 4. The Morgan fingerprint density at radius 1 is 1.38 bits per heavy atom. The van der Waals surface area contributed by atoms with Gasteiger partial charge in [0.25, 0.3) is 0 Å². The van der Waals surface area contributed by atoms with Gasteiger partial charge >= 0.3 is 0 Å². The number of aliphatic hydroxyl groups is 1. The third kappa shape index (κ3) is 4.49. The molecular weight excluding hydrogens is 204 g/mol. The Morgan fingerprint density at radius 2 is 1.94 bits per heavy atom. The molecule has 0 aromatic rings. The van der Waals surface area contributed by atoms with Crippen LogP contribution in [0.4, 0.5) is 0 Å². The van der Waals surface area contributed by atoms with E-state index in [0.717, 1.165) is 25.9 Å². The Labute approximate surface area is 98.0 Å². The number of hydrogen-bond donors (Lipinski definition) is 2. The van der Waals surface area contributed by atoms with Crippen LogP contribution in [0.1, 0.15) is 40.0 Å². The average molecular weight is 228 g/mol. The lowest BCUT2D eigenvalue weighted by Crippen LogP contribution is -2.49. The van der Waals surface area contributed by atoms with Crippen molar-refractivity contribution in [1.29, 1.82) is 0 Å². The number of likely N-dealkylation sites (tertiary alicyclic amines) is 1. The lowest BCUT2D eigenvalue weighted by molar-refractivity contribution is -0.134. The van der Waals surface area contributed by atoms with E-state index in [0.29, 0.717) is 6.54 Å². The van der Waals surface area contributed by atoms with Crippen molar-refractivity contribution in [3.8, 4) is 0 Å². The summed E-state index contributed by atoms with van der Waals surface area (Å²) in [6, 6.07) is -0.204. The number of nitrogens with one attached hydrogen (secondary N) is 1. The van der Waals surface area contributed by atoms with Crippen molar-refractivity contribution in [1.82, 2.24) is 10.2 Å². The first kappa shape index (κ1) is 13.5. The fourth-order valence-electron chi connectivity index (χ4n) is 1.88. The van der Waals surface area contributed by atoms with Gasteiger partial charge in [-0.25, -0.2) is 0 Å². The van der Waals surface area contributed by atoms with Crippen LogP contribution < -0.4 is 5.32 Å². The van der Waals surface area contributed by atoms with Crippen LogP contribution in [-0.2, 0) is 4.79 Å². The third-order valence-corrected chi connectivity index (χ3v) is 2.88. The maximum Gasteiger partial charge on any atom is 0.239 e. The van der Waals surface area contributed by atoms with E-state index in [4.69, 9.17) is 0 Å². The minimum atomic E-state index is -0.767. The maximum absolute atomic E-state index is 12.0. The SMILES string of the molecule is CC(NCC(C)(C)O)C(=O)N1CCCCC1. The smallest absolute Gasteiger partial charge is 0.239 e. The predicted molar refractivity (Wildman–Crippen MR) is 64.2 cm³/mol. The number of piperidine rings is 1. The summed E-state index contributed by atoms with van der Waals surface area (Å²) in [4.78, 5) is 13.9. The van der Waals surface area contributed by atoms with E-state index in [2.05, 4.69) is 5.32 Å². The molecule has 1 saturated heterocycles. The van der Waals surface area contributed by atoms with Crippen LogP contribution in [0.5, 0.6) is 0 Å². The van der Waals surface area contributed by atoms with E-state index >= 15 is 0 Å². The van der Waals surface area contributed by atoms with Crippen molar-refractivity contribution in [2.75, 3.05) is 19.6 Å². The molecule has 4 heteroatoms. The summed E-state index contributed by atoms with van der Waals surface area (Å²) < 4.78 is 0. The van der Waals surface area contributed by atoms with Gasteiger partial charge in [-0.05, 0) is 40.0 Å². The molecular formula is C12H24N2O2. The lowest BCUT2D eigenvalue weighted by atomic mass is 10.1. The average Bonchev–Trinajstić information content (AvgIpc) is 2.25. The highest BCUT2D eigenvalue weighted by atomic mass is 16.3. The molecule has 0 saturated carbocycles. The van der Waals surface area contributed by atoms with E-state index in [1.807, 2.05) is 11.8 Å². The van der Waals surface area contributed by atoms with Crippen LogP contribution in [0.2, 0.25) is 0 Å². The third-order valence-electron chi connectivity index (χ3n) is 2.88. The topological polar surface area (TPSA) is 52.6 Å². The van der Waals surface area contributed by atoms with Gasteiger partial charge in [-0.3, -0.25) is 4.79 Å². The highest BCUT2D eigenvalue weighted by molar-refractivity contribution is 5.81. The van der Waals surface area contributed by atoms with Crippen molar-refractivity contribution in [2.45, 2.75) is 51.7 Å². The van der Waals surface area contributed by atoms with E-state index in [1.54, 1.807) is 13.8 Å². The second-order valence-electron chi connectivity index (χ2n) is 5.30. The summed E-state index contributed by atoms with van der Waals surface area (Å²) in [5.74, 6) is 0.156. The molecule has 1 unspecified atom stereocenters. The molecule has 0 aromatic carbocycles. The van der Waals surface area contributed by atoms with Crippen LogP contribution in [0, 0.1) is 0 Å². The molecule has 0 aliphatic carbocycles. The Morgan fingerprint density at radius 3 is 2.44 bits per heavy atom. The number of hydrogen-bond acceptors (Lipinski definition) is 3. The van der Waals surface area contributed by atoms with Crippen molar-refractivity contribution < 1.29 is 9.90 Å². The number of carbonyl (C=O) groups excluding carboxylic acids is 1. The molecule has 1 amide bonds. The first-order valence-corrected chi connectivity index (χ1v) is 6.15. The van der Waals surface area contributed by atoms with Gasteiger partial charge in [0.15, 0.2) is 0 Å². The van der Waals surface area contributed by atoms with E-state index in [1.165, 1.54) is 6.42 Å². The quantitative estimate of drug-likeness (QED) is 0.746. The minimum Gasteiger partial charge on any atom is -0.389 e. The van der Waals surface area contributed by atoms with Crippen LogP contribution in [0.25, 0.3) is 0 Å². The fourth-order valence-corrected chi connectivity index (χ4v) is 1.88. The van der Waals surface area contributed by atoms with Gasteiger partial charge in [-0.15, -0.1) is 0 Å². The zero-order chi connectivity index (χ0) is 12.2. The van der Waals surface area contributed by atoms with Gasteiger partial charge in [-0.1, -0.05) is 0 Å². The van der Waals surface area contributed by atoms with Crippen LogP contribution >= 0.6 is 0 Å². The monoisotopic (exact) mass is 228 g/mol. The van der Waals surface area contributed by atoms with E-state index in [-0.39, 0.29) is 11.9 Å². The van der Waals surface area contributed by atoms with Gasteiger partial charge < -0.3 is 15.3 Å². The molecule has 0 aromatic heterocycles. The fraction of sp³-hybridized carbons (Fsp3) is 0.917. The molecule has 0 spiro atoms. The van der Waals surface area contributed by atoms with Crippen molar-refractivity contribution >= 4 is 5.91 Å². The summed E-state index contributed by atoms with van der Waals surface area (Å²) in [7, 11) is 0. The van der Waals surface area contributed by atoms with E-state index in [9.17, 15) is 9.90 Å². The van der Waals surface area contributed by atoms with Gasteiger partial charge in [0.05, 0.1) is 11.6 Å². The summed E-state index contributed by atoms with van der Waals surface area (Å²) >= 11 is 0. The van der Waals surface area contributed by atoms with Crippen LogP contribution in [0.3, 0.4) is 0 Å². The number of amides is 1. The Kier molecular flexibility index (Phi) is 4.74. The molecule has 0 bridgehead atoms. The molecule has 1 heterocycles. The van der Waals surface area contributed by atoms with Gasteiger partial charge in [0.1, 0.15) is 0 Å². The highest BCUT2D eigenvalue weighted by Crippen LogP contribution is 2.10. The molecule has 1 atom stereocenters. The second kappa shape index (κ2) is 5.64. The summed E-state index contributed by atoms with van der Waals surface area (Å²) in [6.45, 7) is 7.54. The second-order valence-corrected chi connectivity index (χ2v) is 5.30. The molecule has 1 rings (SSSR count). The molecule has 94 valence electrons. The van der Waals surface area contributed by atoms with Crippen molar-refractivity contribution in [3.05, 3.63) is 0 Å². The molecule has 2 N–H and O–H groups in total. The van der Waals surface area contributed by atoms with Crippen molar-refractivity contribution in [3.63, 3.8) is 0 Å². The first-order valence-electron chi connectivity index (χ1n) is 6.15. The standard InChI is InChI=1S/C12H24N2O2/c1-10(13-9-12(2,3)16)11(15)14-7-5-4-6-8-14/h10,13,16H,4-9H2,1-3H3. The van der Waals surface area contributed by atoms with Gasteiger partial charge in [-0.2, -0.15) is 0 Å². The molecule has 1 aliphatic heterocycles. The highest BCUT2D eigenvalue weighted by Gasteiger charge is 2.23. The molecule has 16 heavy (non-hydrogen) atoms. The molecule has 0 radical (unpaired) electrons. The summed E-state index contributed by atoms with van der Waals surface area (Å²) in [5, 5.41) is 12.6. The Bertz CT molecular complexity index is 230. The minimum absolute atomic E-state index is 0.156. The van der Waals surface area contributed by atoms with Gasteiger partial charge in [0, 0.05) is 19.6 Å². The maximum atomic E-state index is 12.0. The van der Waals surface area contributed by atoms with Gasteiger partial charge in [0.2, 0.25) is 5.91 Å². The lowest BCUT2D eigenvalue weighted by Gasteiger charge is -2.30. The summed E-state index contributed by atoms with van der Waals surface area (Å²) in [6.07, 6.45) is 3.46. The Balaban J connectivity index is 2.34. The molecule has 4 nitrogen and oxygen atoms in total. The zero-order valence-electron chi connectivity index (χ0n) is 10.6. The summed E-state index contributed by atoms with van der Waals surface area (Å²) in [5.41, 5.74) is -0.767. The molecule has 1 fully saturated rings. The molecule has 1 aliphatic rings. The number of nitrogens with zero attached hydrogens (tertiary/aromatic N) is 1. The Hall–Kier alpha value is -0.610. The predicted octanol–water partition coefficient (Wildman–Crippen LogP) is 0.748. The van der Waals surface area contributed by atoms with Crippen LogP contribution in [0.15, 0.2) is 0 Å². The van der Waals surface area contributed by atoms with Crippen molar-refractivity contribution in [2.24, 2.45) is 0 Å².